The summed E-state index contributed by atoms with van der Waals surface area (Å²) in [5.74, 6) is 0.564. The summed E-state index contributed by atoms with van der Waals surface area (Å²) in [6.07, 6.45) is 2.46. The van der Waals surface area contributed by atoms with Gasteiger partial charge in [0.2, 0.25) is 24.0 Å². The zero-order valence-electron chi connectivity index (χ0n) is 13.3. The number of benzene rings is 1. The molecule has 0 fully saturated rings. The van der Waals surface area contributed by atoms with Crippen LogP contribution >= 0.6 is 22.9 Å². The number of anilines is 1. The second-order valence-electron chi connectivity index (χ2n) is 5.28. The van der Waals surface area contributed by atoms with Crippen LogP contribution in [-0.2, 0) is 26.2 Å². The second kappa shape index (κ2) is 7.03. The molecular weight excluding hydrogens is 420 g/mol. The first-order valence-electron chi connectivity index (χ1n) is 7.16. The lowest BCUT2D eigenvalue weighted by Crippen LogP contribution is -2.07. The van der Waals surface area contributed by atoms with Crippen LogP contribution in [0.5, 0.6) is 0 Å². The van der Waals surface area contributed by atoms with Crippen molar-refractivity contribution in [2.24, 2.45) is 0 Å². The summed E-state index contributed by atoms with van der Waals surface area (Å²) in [4.78, 5) is 3.83. The zero-order chi connectivity index (χ0) is 18.9. The van der Waals surface area contributed by atoms with Gasteiger partial charge in [-0.25, -0.2) is 21.8 Å². The van der Waals surface area contributed by atoms with E-state index in [1.807, 2.05) is 0 Å². The molecule has 7 nitrogen and oxygen atoms in total. The molecule has 0 aliphatic carbocycles. The Morgan fingerprint density at radius 1 is 1.15 bits per heavy atom. The van der Waals surface area contributed by atoms with Crippen molar-refractivity contribution in [2.75, 3.05) is 11.6 Å². The number of nitrogens with zero attached hydrogens (tertiary/aromatic N) is 1. The molecule has 3 aromatic rings. The molecule has 2 heterocycles. The van der Waals surface area contributed by atoms with Gasteiger partial charge in [-0.15, -0.1) is 0 Å². The van der Waals surface area contributed by atoms with Gasteiger partial charge in [0.1, 0.15) is 10.8 Å². The van der Waals surface area contributed by atoms with Crippen molar-refractivity contribution in [3.8, 4) is 0 Å². The van der Waals surface area contributed by atoms with Gasteiger partial charge in [-0.1, -0.05) is 22.9 Å². The molecule has 1 N–H and O–H groups in total. The monoisotopic (exact) mass is 432 g/mol. The molecule has 0 aliphatic rings. The number of nitrogens with one attached hydrogen (secondary N) is 1. The van der Waals surface area contributed by atoms with Gasteiger partial charge in [0.05, 0.1) is 17.7 Å². The number of aromatic nitrogens is 1. The van der Waals surface area contributed by atoms with Crippen molar-refractivity contribution < 1.29 is 21.3 Å². The maximum absolute atomic E-state index is 12.9. The molecule has 0 saturated heterocycles. The lowest BCUT2D eigenvalue weighted by molar-refractivity contribution is 0.518. The van der Waals surface area contributed by atoms with Gasteiger partial charge in [0.25, 0.3) is 0 Å². The molecule has 138 valence electrons. The highest BCUT2D eigenvalue weighted by Gasteiger charge is 2.29. The second-order valence-corrected chi connectivity index (χ2v) is 10.8. The van der Waals surface area contributed by atoms with E-state index in [4.69, 9.17) is 16.0 Å². The molecular formula is C15H13ClN2O5S3. The molecule has 0 atom stereocenters. The highest BCUT2D eigenvalue weighted by molar-refractivity contribution is 7.93. The van der Waals surface area contributed by atoms with Crippen molar-refractivity contribution in [2.45, 2.75) is 20.8 Å². The van der Waals surface area contributed by atoms with Crippen molar-refractivity contribution in [3.63, 3.8) is 0 Å². The third kappa shape index (κ3) is 3.93. The fourth-order valence-electron chi connectivity index (χ4n) is 2.05. The molecule has 0 unspecified atom stereocenters. The number of rotatable bonds is 6. The number of hydrogen-bond acceptors (Lipinski definition) is 8. The molecule has 0 spiro atoms. The first kappa shape index (κ1) is 18.9. The molecule has 0 saturated carbocycles. The van der Waals surface area contributed by atoms with Crippen LogP contribution in [0, 0.1) is 0 Å². The van der Waals surface area contributed by atoms with Crippen LogP contribution in [0.2, 0.25) is 5.02 Å². The fraction of sp³-hybridized carbons (Fsp3) is 0.133. The van der Waals surface area contributed by atoms with Crippen LogP contribution in [0.3, 0.4) is 0 Å². The molecule has 2 aromatic heterocycles. The highest BCUT2D eigenvalue weighted by Crippen LogP contribution is 2.35. The predicted molar refractivity (Wildman–Crippen MR) is 98.2 cm³/mol. The largest absolute Gasteiger partial charge is 0.467 e. The van der Waals surface area contributed by atoms with E-state index in [-0.39, 0.29) is 25.8 Å². The number of sulfone groups is 2. The summed E-state index contributed by atoms with van der Waals surface area (Å²) in [5.41, 5.74) is 0. The van der Waals surface area contributed by atoms with Crippen molar-refractivity contribution in [1.29, 1.82) is 0 Å². The van der Waals surface area contributed by atoms with Gasteiger partial charge < -0.3 is 9.73 Å². The Morgan fingerprint density at radius 2 is 1.85 bits per heavy atom. The van der Waals surface area contributed by atoms with E-state index in [9.17, 15) is 16.8 Å². The summed E-state index contributed by atoms with van der Waals surface area (Å²) >= 11 is 6.56. The maximum atomic E-state index is 12.9. The molecule has 0 bridgehead atoms. The minimum absolute atomic E-state index is 0.0340. The Labute approximate surface area is 159 Å². The standard InChI is InChI=1S/C15H13ClN2O5S3/c1-25(19,20)15-18-14(13(24-15)17-9-11-3-2-8-23-11)26(21,22)12-6-4-10(16)5-7-12/h2-8,17H,9H2,1H3. The summed E-state index contributed by atoms with van der Waals surface area (Å²) < 4.78 is 54.4. The van der Waals surface area contributed by atoms with E-state index >= 15 is 0 Å². The van der Waals surface area contributed by atoms with Gasteiger partial charge in [-0.3, -0.25) is 0 Å². The molecule has 0 radical (unpaired) electrons. The van der Waals surface area contributed by atoms with Crippen LogP contribution in [0.4, 0.5) is 5.00 Å². The topological polar surface area (TPSA) is 106 Å². The van der Waals surface area contributed by atoms with Gasteiger partial charge in [0.15, 0.2) is 5.03 Å². The minimum atomic E-state index is -4.03. The van der Waals surface area contributed by atoms with Gasteiger partial charge in [-0.2, -0.15) is 0 Å². The minimum Gasteiger partial charge on any atom is -0.467 e. The molecule has 0 amide bonds. The Hall–Kier alpha value is -1.88. The molecule has 26 heavy (non-hydrogen) atoms. The summed E-state index contributed by atoms with van der Waals surface area (Å²) in [6, 6.07) is 8.96. The number of hydrogen-bond donors (Lipinski definition) is 1. The van der Waals surface area contributed by atoms with Crippen LogP contribution in [-0.4, -0.2) is 28.1 Å². The van der Waals surface area contributed by atoms with Crippen molar-refractivity contribution >= 4 is 47.6 Å². The smallest absolute Gasteiger partial charge is 0.226 e. The van der Waals surface area contributed by atoms with E-state index in [2.05, 4.69) is 10.3 Å². The summed E-state index contributed by atoms with van der Waals surface area (Å²) in [7, 11) is -7.70. The van der Waals surface area contributed by atoms with Crippen LogP contribution < -0.4 is 5.32 Å². The number of halogens is 1. The van der Waals surface area contributed by atoms with E-state index in [1.165, 1.54) is 30.5 Å². The van der Waals surface area contributed by atoms with E-state index in [1.54, 1.807) is 12.1 Å². The Kier molecular flexibility index (Phi) is 5.11. The number of furan rings is 1. The lowest BCUT2D eigenvalue weighted by Gasteiger charge is -2.06. The Balaban J connectivity index is 2.06. The molecule has 3 rings (SSSR count). The predicted octanol–water partition coefficient (Wildman–Crippen LogP) is 3.24. The third-order valence-corrected chi connectivity index (χ3v) is 8.05. The average molecular weight is 433 g/mol. The van der Waals surface area contributed by atoms with Crippen LogP contribution in [0.15, 0.2) is 61.3 Å². The van der Waals surface area contributed by atoms with E-state index < -0.39 is 19.7 Å². The number of thiazole rings is 1. The van der Waals surface area contributed by atoms with E-state index in [0.717, 1.165) is 17.6 Å². The van der Waals surface area contributed by atoms with Crippen LogP contribution in [0.25, 0.3) is 0 Å². The first-order valence-corrected chi connectivity index (χ1v) is 11.7. The lowest BCUT2D eigenvalue weighted by atomic mass is 10.4. The third-order valence-electron chi connectivity index (χ3n) is 3.28. The van der Waals surface area contributed by atoms with Gasteiger partial charge >= 0.3 is 0 Å². The highest BCUT2D eigenvalue weighted by atomic mass is 35.5. The molecule has 0 aliphatic heterocycles. The summed E-state index contributed by atoms with van der Waals surface area (Å²) in [6.45, 7) is 0.182. The quantitative estimate of drug-likeness (QED) is 0.637. The maximum Gasteiger partial charge on any atom is 0.226 e. The zero-order valence-corrected chi connectivity index (χ0v) is 16.5. The van der Waals surface area contributed by atoms with Gasteiger partial charge in [-0.05, 0) is 36.4 Å². The molecule has 11 heteroatoms. The van der Waals surface area contributed by atoms with Crippen molar-refractivity contribution in [3.05, 3.63) is 53.4 Å². The Morgan fingerprint density at radius 3 is 2.42 bits per heavy atom. The summed E-state index contributed by atoms with van der Waals surface area (Å²) in [5, 5.41) is 3.04. The Bertz CT molecular complexity index is 1120. The SMILES string of the molecule is CS(=O)(=O)c1nc(S(=O)(=O)c2ccc(Cl)cc2)c(NCc2ccco2)s1. The normalized spacial score (nSPS) is 12.2. The molecule has 1 aromatic carbocycles. The fourth-order valence-corrected chi connectivity index (χ4v) is 5.69. The van der Waals surface area contributed by atoms with E-state index in [0.29, 0.717) is 10.8 Å². The van der Waals surface area contributed by atoms with Crippen LogP contribution in [0.1, 0.15) is 5.76 Å². The van der Waals surface area contributed by atoms with Gasteiger partial charge in [0, 0.05) is 11.3 Å². The first-order chi connectivity index (χ1) is 12.2. The van der Waals surface area contributed by atoms with Crippen molar-refractivity contribution in [1.82, 2.24) is 4.98 Å². The average Bonchev–Trinajstić information content (AvgIpc) is 3.22.